The lowest BCUT2D eigenvalue weighted by atomic mass is 9.86. The van der Waals surface area contributed by atoms with E-state index in [4.69, 9.17) is 4.74 Å². The molecule has 1 aromatic carbocycles. The summed E-state index contributed by atoms with van der Waals surface area (Å²) in [5.74, 6) is -0.929. The van der Waals surface area contributed by atoms with Gasteiger partial charge < -0.3 is 15.4 Å². The summed E-state index contributed by atoms with van der Waals surface area (Å²) >= 11 is 0. The molecule has 1 aromatic rings. The Hall–Kier alpha value is -2.47. The van der Waals surface area contributed by atoms with Crippen LogP contribution in [0.1, 0.15) is 57.0 Å². The van der Waals surface area contributed by atoms with Gasteiger partial charge in [-0.25, -0.2) is 0 Å². The molecule has 0 saturated carbocycles. The molecule has 1 unspecified atom stereocenters. The zero-order valence-electron chi connectivity index (χ0n) is 17.3. The molecule has 0 radical (unpaired) electrons. The van der Waals surface area contributed by atoms with Crippen LogP contribution in [0.3, 0.4) is 0 Å². The number of benzene rings is 1. The molecular weight excluding hydrogens is 356 g/mol. The van der Waals surface area contributed by atoms with Crippen molar-refractivity contribution in [3.63, 3.8) is 0 Å². The van der Waals surface area contributed by atoms with Gasteiger partial charge in [0.1, 0.15) is 18.7 Å². The zero-order chi connectivity index (χ0) is 21.1. The first-order chi connectivity index (χ1) is 13.0. The maximum atomic E-state index is 12.7. The van der Waals surface area contributed by atoms with Crippen molar-refractivity contribution >= 4 is 17.6 Å². The van der Waals surface area contributed by atoms with Crippen LogP contribution in [0.2, 0.25) is 0 Å². The van der Waals surface area contributed by atoms with E-state index >= 15 is 0 Å². The first-order valence-electron chi connectivity index (χ1n) is 9.49. The molecular formula is C22H30N2O4. The molecule has 1 heterocycles. The Morgan fingerprint density at radius 2 is 1.86 bits per heavy atom. The molecule has 1 saturated heterocycles. The van der Waals surface area contributed by atoms with Gasteiger partial charge in [0.05, 0.1) is 6.10 Å². The lowest BCUT2D eigenvalue weighted by Gasteiger charge is -2.22. The average Bonchev–Trinajstić information content (AvgIpc) is 2.92. The number of carbonyl (C=O) groups is 3. The quantitative estimate of drug-likeness (QED) is 0.736. The number of carbonyl (C=O) groups excluding carboxylic acids is 3. The van der Waals surface area contributed by atoms with Crippen LogP contribution in [-0.2, 0) is 19.7 Å². The van der Waals surface area contributed by atoms with Gasteiger partial charge in [0.15, 0.2) is 5.78 Å². The van der Waals surface area contributed by atoms with Crippen molar-refractivity contribution in [3.05, 3.63) is 47.5 Å². The Morgan fingerprint density at radius 3 is 2.32 bits per heavy atom. The van der Waals surface area contributed by atoms with Crippen LogP contribution in [-0.4, -0.2) is 42.4 Å². The number of ketones is 1. The van der Waals surface area contributed by atoms with Crippen molar-refractivity contribution in [2.24, 2.45) is 0 Å². The van der Waals surface area contributed by atoms with Crippen LogP contribution >= 0.6 is 0 Å². The van der Waals surface area contributed by atoms with Crippen molar-refractivity contribution in [1.82, 2.24) is 10.6 Å². The number of nitrogens with one attached hydrogen (secondary N) is 2. The predicted octanol–water partition coefficient (Wildman–Crippen LogP) is 2.52. The highest BCUT2D eigenvalue weighted by atomic mass is 16.5. The molecule has 0 aliphatic carbocycles. The molecule has 2 rings (SSSR count). The molecule has 0 spiro atoms. The predicted molar refractivity (Wildman–Crippen MR) is 108 cm³/mol. The van der Waals surface area contributed by atoms with Crippen molar-refractivity contribution in [1.29, 1.82) is 0 Å². The average molecular weight is 386 g/mol. The van der Waals surface area contributed by atoms with Gasteiger partial charge in [-0.2, -0.15) is 0 Å². The number of ether oxygens (including phenoxy) is 1. The maximum absolute atomic E-state index is 12.7. The van der Waals surface area contributed by atoms with Crippen LogP contribution in [0.15, 0.2) is 36.4 Å². The maximum Gasteiger partial charge on any atom is 0.251 e. The van der Waals surface area contributed by atoms with Gasteiger partial charge in [-0.1, -0.05) is 38.5 Å². The Labute approximate surface area is 166 Å². The fraction of sp³-hybridized carbons (Fsp3) is 0.500. The number of Topliss-reactive ketones (excluding diaryl/α,β-unsaturated/α-hetero) is 1. The van der Waals surface area contributed by atoms with Gasteiger partial charge in [-0.3, -0.25) is 14.4 Å². The van der Waals surface area contributed by atoms with Crippen molar-refractivity contribution in [2.45, 2.75) is 64.6 Å². The summed E-state index contributed by atoms with van der Waals surface area (Å²) in [6.45, 7) is 13.7. The minimum Gasteiger partial charge on any atom is -0.368 e. The molecule has 2 N–H and O–H groups in total. The van der Waals surface area contributed by atoms with Gasteiger partial charge in [0, 0.05) is 5.56 Å². The third-order valence-corrected chi connectivity index (χ3v) is 4.79. The number of hydrogen-bond donors (Lipinski definition) is 2. The minimum absolute atomic E-state index is 0.00996. The number of rotatable bonds is 6. The molecule has 0 aromatic heterocycles. The van der Waals surface area contributed by atoms with Crippen molar-refractivity contribution < 1.29 is 19.1 Å². The smallest absolute Gasteiger partial charge is 0.251 e. The highest BCUT2D eigenvalue weighted by Crippen LogP contribution is 2.22. The molecule has 6 heteroatoms. The summed E-state index contributed by atoms with van der Waals surface area (Å²) in [7, 11) is 0. The molecule has 2 amide bonds. The summed E-state index contributed by atoms with van der Waals surface area (Å²) < 4.78 is 5.26. The van der Waals surface area contributed by atoms with E-state index in [-0.39, 0.29) is 36.2 Å². The minimum atomic E-state index is -0.812. The van der Waals surface area contributed by atoms with E-state index in [2.05, 4.69) is 38.0 Å². The summed E-state index contributed by atoms with van der Waals surface area (Å²) in [6.07, 6.45) is -0.101. The van der Waals surface area contributed by atoms with E-state index < -0.39 is 18.0 Å². The summed E-state index contributed by atoms with van der Waals surface area (Å²) in [6, 6.07) is 5.83. The standard InChI is InChI=1S/C22H30N2O4/c1-13(2)11-17(21(27)24-19-14(3)28-12-18(19)25)23-20(26)15-7-9-16(10-8-15)22(4,5)6/h7-10,14,17,19H,1,11-12H2,2-6H3,(H,23,26)(H,24,27)/t14-,17?,19+/m1/s1. The second kappa shape index (κ2) is 8.69. The number of hydrogen-bond acceptors (Lipinski definition) is 4. The topological polar surface area (TPSA) is 84.5 Å². The van der Waals surface area contributed by atoms with Gasteiger partial charge in [-0.15, -0.1) is 6.58 Å². The third kappa shape index (κ3) is 5.52. The lowest BCUT2D eigenvalue weighted by molar-refractivity contribution is -0.127. The largest absolute Gasteiger partial charge is 0.368 e. The Kier molecular flexibility index (Phi) is 6.77. The fourth-order valence-corrected chi connectivity index (χ4v) is 3.03. The van der Waals surface area contributed by atoms with Gasteiger partial charge >= 0.3 is 0 Å². The molecule has 0 bridgehead atoms. The second-order valence-corrected chi connectivity index (χ2v) is 8.48. The van der Waals surface area contributed by atoms with Crippen LogP contribution in [0.25, 0.3) is 0 Å². The normalized spacial score (nSPS) is 20.5. The van der Waals surface area contributed by atoms with Crippen LogP contribution in [0.4, 0.5) is 0 Å². The molecule has 1 fully saturated rings. The van der Waals surface area contributed by atoms with E-state index in [9.17, 15) is 14.4 Å². The lowest BCUT2D eigenvalue weighted by Crippen LogP contribution is -2.53. The van der Waals surface area contributed by atoms with Gasteiger partial charge in [0.2, 0.25) is 5.91 Å². The van der Waals surface area contributed by atoms with Crippen molar-refractivity contribution in [3.8, 4) is 0 Å². The second-order valence-electron chi connectivity index (χ2n) is 8.48. The summed E-state index contributed by atoms with van der Waals surface area (Å²) in [5.41, 5.74) is 2.34. The Morgan fingerprint density at radius 1 is 1.25 bits per heavy atom. The molecule has 6 nitrogen and oxygen atoms in total. The van der Waals surface area contributed by atoms with Crippen LogP contribution in [0.5, 0.6) is 0 Å². The SMILES string of the molecule is C=C(C)CC(NC(=O)c1ccc(C(C)(C)C)cc1)C(=O)N[C@@H]1C(=O)CO[C@@H]1C. The molecule has 1 aliphatic heterocycles. The Balaban J connectivity index is 2.10. The Bertz CT molecular complexity index is 762. The molecule has 3 atom stereocenters. The summed E-state index contributed by atoms with van der Waals surface area (Å²) in [5, 5.41) is 5.46. The zero-order valence-corrected chi connectivity index (χ0v) is 17.3. The molecule has 28 heavy (non-hydrogen) atoms. The molecule has 1 aliphatic rings. The first-order valence-corrected chi connectivity index (χ1v) is 9.49. The van der Waals surface area contributed by atoms with Crippen molar-refractivity contribution in [2.75, 3.05) is 6.61 Å². The van der Waals surface area contributed by atoms with E-state index in [0.717, 1.165) is 11.1 Å². The van der Waals surface area contributed by atoms with E-state index in [1.807, 2.05) is 12.1 Å². The highest BCUT2D eigenvalue weighted by Gasteiger charge is 2.35. The monoisotopic (exact) mass is 386 g/mol. The van der Waals surface area contributed by atoms with Gasteiger partial charge in [-0.05, 0) is 43.4 Å². The molecule has 152 valence electrons. The van der Waals surface area contributed by atoms with E-state index in [1.165, 1.54) is 0 Å². The van der Waals surface area contributed by atoms with Crippen LogP contribution in [0, 0.1) is 0 Å². The third-order valence-electron chi connectivity index (χ3n) is 4.79. The van der Waals surface area contributed by atoms with E-state index in [1.54, 1.807) is 26.0 Å². The highest BCUT2D eigenvalue weighted by molar-refractivity contribution is 5.99. The first kappa shape index (κ1) is 21.8. The van der Waals surface area contributed by atoms with Crippen LogP contribution < -0.4 is 10.6 Å². The fourth-order valence-electron chi connectivity index (χ4n) is 3.03. The summed E-state index contributed by atoms with van der Waals surface area (Å²) in [4.78, 5) is 37.2. The van der Waals surface area contributed by atoms with Gasteiger partial charge in [0.25, 0.3) is 5.91 Å². The van der Waals surface area contributed by atoms with E-state index in [0.29, 0.717) is 5.56 Å². The number of amides is 2.